The van der Waals surface area contributed by atoms with Gasteiger partial charge in [-0.05, 0) is 31.2 Å². The highest BCUT2D eigenvalue weighted by Gasteiger charge is 2.39. The summed E-state index contributed by atoms with van der Waals surface area (Å²) in [4.78, 5) is 21.0. The van der Waals surface area contributed by atoms with Crippen LogP contribution in [0.25, 0.3) is 0 Å². The molecule has 0 saturated heterocycles. The molecule has 1 aliphatic heterocycles. The van der Waals surface area contributed by atoms with Crippen molar-refractivity contribution in [3.8, 4) is 11.5 Å². The number of benzene rings is 1. The normalized spacial score (nSPS) is 16.8. The quantitative estimate of drug-likeness (QED) is 0.618. The van der Waals surface area contributed by atoms with Gasteiger partial charge in [0, 0.05) is 5.56 Å². The maximum absolute atomic E-state index is 11.2. The molecule has 1 aromatic carbocycles. The van der Waals surface area contributed by atoms with Gasteiger partial charge in [-0.25, -0.2) is 0 Å². The molecule has 0 N–H and O–H groups in total. The summed E-state index contributed by atoms with van der Waals surface area (Å²) >= 11 is 0. The Kier molecular flexibility index (Phi) is 2.92. The lowest BCUT2D eigenvalue weighted by molar-refractivity contribution is -0.423. The highest BCUT2D eigenvalue weighted by Crippen LogP contribution is 2.49. The molecule has 2 aliphatic rings. The van der Waals surface area contributed by atoms with Crippen LogP contribution in [0, 0.1) is 26.1 Å². The topological polar surface area (TPSA) is 105 Å². The lowest BCUT2D eigenvalue weighted by Gasteiger charge is -2.19. The Morgan fingerprint density at radius 1 is 1.10 bits per heavy atom. The van der Waals surface area contributed by atoms with Crippen LogP contribution in [0.5, 0.6) is 11.5 Å². The van der Waals surface area contributed by atoms with E-state index in [9.17, 15) is 20.2 Å². The van der Waals surface area contributed by atoms with Gasteiger partial charge in [0.05, 0.1) is 9.85 Å². The third-order valence-electron chi connectivity index (χ3n) is 3.43. The van der Waals surface area contributed by atoms with Gasteiger partial charge in [0.1, 0.15) is 13.2 Å². The van der Waals surface area contributed by atoms with Gasteiger partial charge in [-0.2, -0.15) is 0 Å². The first-order chi connectivity index (χ1) is 9.58. The maximum Gasteiger partial charge on any atom is 0.391 e. The number of nitro groups is 2. The Balaban J connectivity index is 2.20. The number of fused-ring (bicyclic) bond motifs is 1. The van der Waals surface area contributed by atoms with Crippen LogP contribution in [0.2, 0.25) is 0 Å². The van der Waals surface area contributed by atoms with Crippen molar-refractivity contribution >= 4 is 11.4 Å². The lowest BCUT2D eigenvalue weighted by Crippen LogP contribution is -2.17. The molecule has 1 aliphatic carbocycles. The molecule has 1 heterocycles. The number of hydrogen-bond acceptors (Lipinski definition) is 6. The van der Waals surface area contributed by atoms with E-state index >= 15 is 0 Å². The van der Waals surface area contributed by atoms with Crippen LogP contribution in [0.15, 0.2) is 6.07 Å². The summed E-state index contributed by atoms with van der Waals surface area (Å²) in [6, 6.07) is 1.51. The molecule has 3 rings (SSSR count). The van der Waals surface area contributed by atoms with Gasteiger partial charge in [0.2, 0.25) is 5.75 Å². The molecule has 106 valence electrons. The SMILES string of the molecule is O=[N+]([O-])c1c(CC2CC2)cc2c(c1[N+](=O)[O-])OCCO2. The summed E-state index contributed by atoms with van der Waals surface area (Å²) in [5.74, 6) is 0.465. The largest absolute Gasteiger partial charge is 0.486 e. The minimum atomic E-state index is -0.762. The van der Waals surface area contributed by atoms with Gasteiger partial charge < -0.3 is 9.47 Å². The monoisotopic (exact) mass is 280 g/mol. The van der Waals surface area contributed by atoms with E-state index in [4.69, 9.17) is 9.47 Å². The van der Waals surface area contributed by atoms with Crippen molar-refractivity contribution in [2.75, 3.05) is 13.2 Å². The van der Waals surface area contributed by atoms with Crippen LogP contribution in [0.3, 0.4) is 0 Å². The van der Waals surface area contributed by atoms with E-state index in [-0.39, 0.29) is 24.7 Å². The minimum absolute atomic E-state index is 0.132. The van der Waals surface area contributed by atoms with Crippen LogP contribution < -0.4 is 9.47 Å². The standard InChI is InChI=1S/C12H12N2O6/c15-13(16)10-8(5-7-1-2-7)6-9-12(11(10)14(17)18)20-4-3-19-9/h6-7H,1-5H2. The van der Waals surface area contributed by atoms with Crippen LogP contribution in [-0.2, 0) is 6.42 Å². The summed E-state index contributed by atoms with van der Waals surface area (Å²) in [5.41, 5.74) is -0.706. The lowest BCUT2D eigenvalue weighted by atomic mass is 10.0. The van der Waals surface area contributed by atoms with Crippen molar-refractivity contribution in [1.82, 2.24) is 0 Å². The fourth-order valence-electron chi connectivity index (χ4n) is 2.37. The summed E-state index contributed by atoms with van der Waals surface area (Å²) in [6.07, 6.45) is 2.46. The van der Waals surface area contributed by atoms with E-state index in [0.717, 1.165) is 12.8 Å². The second-order valence-electron chi connectivity index (χ2n) is 4.92. The Morgan fingerprint density at radius 3 is 2.35 bits per heavy atom. The fraction of sp³-hybridized carbons (Fsp3) is 0.500. The predicted octanol–water partition coefficient (Wildman–Crippen LogP) is 2.23. The first-order valence-electron chi connectivity index (χ1n) is 6.32. The van der Waals surface area contributed by atoms with Crippen molar-refractivity contribution in [3.63, 3.8) is 0 Å². The summed E-state index contributed by atoms with van der Waals surface area (Å²) < 4.78 is 10.6. The van der Waals surface area contributed by atoms with Crippen molar-refractivity contribution in [3.05, 3.63) is 31.9 Å². The van der Waals surface area contributed by atoms with E-state index < -0.39 is 21.2 Å². The second kappa shape index (κ2) is 4.62. The molecule has 1 saturated carbocycles. The van der Waals surface area contributed by atoms with E-state index in [0.29, 0.717) is 17.9 Å². The first-order valence-corrected chi connectivity index (χ1v) is 6.32. The highest BCUT2D eigenvalue weighted by molar-refractivity contribution is 5.71. The summed E-state index contributed by atoms with van der Waals surface area (Å²) in [7, 11) is 0. The zero-order valence-electron chi connectivity index (χ0n) is 10.5. The van der Waals surface area contributed by atoms with Crippen LogP contribution in [0.4, 0.5) is 11.4 Å². The van der Waals surface area contributed by atoms with Gasteiger partial charge in [-0.3, -0.25) is 20.2 Å². The maximum atomic E-state index is 11.2. The molecule has 1 aromatic rings. The smallest absolute Gasteiger partial charge is 0.391 e. The van der Waals surface area contributed by atoms with Gasteiger partial charge >= 0.3 is 11.4 Å². The molecule has 20 heavy (non-hydrogen) atoms. The van der Waals surface area contributed by atoms with Gasteiger partial charge in [-0.1, -0.05) is 0 Å². The Labute approximate surface area is 113 Å². The molecule has 0 radical (unpaired) electrons. The average Bonchev–Trinajstić information content (AvgIpc) is 3.20. The molecule has 0 amide bonds. The second-order valence-corrected chi connectivity index (χ2v) is 4.92. The molecule has 1 fully saturated rings. The number of rotatable bonds is 4. The van der Waals surface area contributed by atoms with Crippen molar-refractivity contribution in [2.45, 2.75) is 19.3 Å². The molecule has 0 spiro atoms. The van der Waals surface area contributed by atoms with Crippen LogP contribution in [0.1, 0.15) is 18.4 Å². The third kappa shape index (κ3) is 2.13. The number of hydrogen-bond donors (Lipinski definition) is 0. The Morgan fingerprint density at radius 2 is 1.75 bits per heavy atom. The fourth-order valence-corrected chi connectivity index (χ4v) is 2.37. The zero-order valence-corrected chi connectivity index (χ0v) is 10.5. The van der Waals surface area contributed by atoms with E-state index in [2.05, 4.69) is 0 Å². The van der Waals surface area contributed by atoms with Gasteiger partial charge in [-0.15, -0.1) is 0 Å². The zero-order chi connectivity index (χ0) is 14.3. The van der Waals surface area contributed by atoms with E-state index in [1.807, 2.05) is 0 Å². The molecule has 8 heteroatoms. The number of ether oxygens (including phenoxy) is 2. The first kappa shape index (κ1) is 12.6. The van der Waals surface area contributed by atoms with Gasteiger partial charge in [0.25, 0.3) is 0 Å². The molecule has 8 nitrogen and oxygen atoms in total. The van der Waals surface area contributed by atoms with Crippen molar-refractivity contribution in [2.24, 2.45) is 5.92 Å². The molecular formula is C12H12N2O6. The number of nitrogens with zero attached hydrogens (tertiary/aromatic N) is 2. The average molecular weight is 280 g/mol. The van der Waals surface area contributed by atoms with E-state index in [1.54, 1.807) is 0 Å². The third-order valence-corrected chi connectivity index (χ3v) is 3.43. The Hall–Kier alpha value is -2.38. The van der Waals surface area contributed by atoms with Crippen LogP contribution in [-0.4, -0.2) is 23.1 Å². The summed E-state index contributed by atoms with van der Waals surface area (Å²) in [6.45, 7) is 0.428. The molecule has 0 bridgehead atoms. The Bertz CT molecular complexity index is 596. The predicted molar refractivity (Wildman–Crippen MR) is 67.2 cm³/mol. The van der Waals surface area contributed by atoms with Crippen LogP contribution >= 0.6 is 0 Å². The van der Waals surface area contributed by atoms with Crippen molar-refractivity contribution < 1.29 is 19.3 Å². The van der Waals surface area contributed by atoms with Crippen molar-refractivity contribution in [1.29, 1.82) is 0 Å². The summed E-state index contributed by atoms with van der Waals surface area (Å²) in [5, 5.41) is 22.5. The van der Waals surface area contributed by atoms with E-state index in [1.165, 1.54) is 6.07 Å². The molecule has 0 atom stereocenters. The minimum Gasteiger partial charge on any atom is -0.486 e. The van der Waals surface area contributed by atoms with Gasteiger partial charge in [0.15, 0.2) is 5.75 Å². The molecular weight excluding hydrogens is 268 g/mol. The molecule has 0 aromatic heterocycles. The number of nitro benzene ring substituents is 2. The highest BCUT2D eigenvalue weighted by atomic mass is 16.6. The molecule has 0 unspecified atom stereocenters.